The van der Waals surface area contributed by atoms with Gasteiger partial charge in [0.1, 0.15) is 17.2 Å². The van der Waals surface area contributed by atoms with Gasteiger partial charge in [-0.2, -0.15) is 0 Å². The number of hydrogen-bond acceptors (Lipinski definition) is 4. The van der Waals surface area contributed by atoms with Crippen LogP contribution in [0, 0.1) is 0 Å². The molecule has 3 rings (SSSR count). The van der Waals surface area contributed by atoms with Crippen LogP contribution in [0.25, 0.3) is 0 Å². The number of benzene rings is 2. The summed E-state index contributed by atoms with van der Waals surface area (Å²) in [5.74, 6) is 2.73. The summed E-state index contributed by atoms with van der Waals surface area (Å²) in [7, 11) is 5.14. The van der Waals surface area contributed by atoms with E-state index in [0.29, 0.717) is 12.1 Å². The average molecular weight is 355 g/mol. The molecule has 4 nitrogen and oxygen atoms in total. The maximum atomic E-state index is 5.53. The molecule has 140 valence electrons. The number of rotatable bonds is 8. The van der Waals surface area contributed by atoms with E-state index in [1.165, 1.54) is 24.0 Å². The lowest BCUT2D eigenvalue weighted by atomic mass is 10.0. The van der Waals surface area contributed by atoms with Crippen LogP contribution in [-0.4, -0.2) is 33.4 Å². The number of nitrogens with one attached hydrogen (secondary N) is 1. The van der Waals surface area contributed by atoms with E-state index in [9.17, 15) is 0 Å². The molecule has 2 atom stereocenters. The van der Waals surface area contributed by atoms with Gasteiger partial charge >= 0.3 is 0 Å². The molecule has 1 saturated heterocycles. The number of para-hydroxylation sites is 1. The Balaban J connectivity index is 1.54. The second-order valence-electron chi connectivity index (χ2n) is 6.87. The van der Waals surface area contributed by atoms with Gasteiger partial charge in [-0.1, -0.05) is 24.3 Å². The minimum atomic E-state index is 0.500. The zero-order chi connectivity index (χ0) is 18.4. The molecule has 2 aromatic rings. The maximum Gasteiger partial charge on any atom is 0.125 e. The van der Waals surface area contributed by atoms with E-state index in [0.717, 1.165) is 36.5 Å². The van der Waals surface area contributed by atoms with Crippen molar-refractivity contribution in [1.82, 2.24) is 5.32 Å². The Morgan fingerprint density at radius 2 is 1.62 bits per heavy atom. The molecule has 1 heterocycles. The molecule has 0 amide bonds. The largest absolute Gasteiger partial charge is 0.497 e. The van der Waals surface area contributed by atoms with Crippen LogP contribution in [0.1, 0.15) is 30.4 Å². The van der Waals surface area contributed by atoms with Crippen LogP contribution in [0.5, 0.6) is 17.2 Å². The van der Waals surface area contributed by atoms with Gasteiger partial charge in [-0.15, -0.1) is 0 Å². The SMILES string of the molecule is COc1ccc(CC2CCC(CCc3ccccc3OC)N2)c(OC)c1. The van der Waals surface area contributed by atoms with E-state index in [-0.39, 0.29) is 0 Å². The first-order valence-electron chi connectivity index (χ1n) is 9.32. The van der Waals surface area contributed by atoms with Crippen molar-refractivity contribution in [3.05, 3.63) is 53.6 Å². The van der Waals surface area contributed by atoms with Crippen LogP contribution in [0.3, 0.4) is 0 Å². The van der Waals surface area contributed by atoms with Crippen LogP contribution in [0.15, 0.2) is 42.5 Å². The zero-order valence-electron chi connectivity index (χ0n) is 16.0. The van der Waals surface area contributed by atoms with Gasteiger partial charge in [0, 0.05) is 18.2 Å². The van der Waals surface area contributed by atoms with Gasteiger partial charge in [0.2, 0.25) is 0 Å². The quantitative estimate of drug-likeness (QED) is 0.777. The lowest BCUT2D eigenvalue weighted by Gasteiger charge is -2.17. The second-order valence-corrected chi connectivity index (χ2v) is 6.87. The van der Waals surface area contributed by atoms with Gasteiger partial charge in [-0.3, -0.25) is 0 Å². The number of ether oxygens (including phenoxy) is 3. The summed E-state index contributed by atoms with van der Waals surface area (Å²) in [5.41, 5.74) is 2.52. The average Bonchev–Trinajstić information content (AvgIpc) is 3.14. The van der Waals surface area contributed by atoms with Crippen molar-refractivity contribution in [1.29, 1.82) is 0 Å². The minimum absolute atomic E-state index is 0.500. The van der Waals surface area contributed by atoms with Crippen molar-refractivity contribution in [2.75, 3.05) is 21.3 Å². The van der Waals surface area contributed by atoms with E-state index in [2.05, 4.69) is 23.5 Å². The van der Waals surface area contributed by atoms with Crippen molar-refractivity contribution >= 4 is 0 Å². The fourth-order valence-corrected chi connectivity index (χ4v) is 3.82. The summed E-state index contributed by atoms with van der Waals surface area (Å²) in [6.45, 7) is 0. The summed E-state index contributed by atoms with van der Waals surface area (Å²) in [6, 6.07) is 15.4. The van der Waals surface area contributed by atoms with Crippen LogP contribution >= 0.6 is 0 Å². The molecule has 4 heteroatoms. The molecule has 0 saturated carbocycles. The molecule has 0 radical (unpaired) electrons. The van der Waals surface area contributed by atoms with E-state index in [1.54, 1.807) is 21.3 Å². The molecular formula is C22H29NO3. The van der Waals surface area contributed by atoms with E-state index >= 15 is 0 Å². The summed E-state index contributed by atoms with van der Waals surface area (Å²) in [5, 5.41) is 3.80. The molecule has 1 aliphatic rings. The molecule has 1 aliphatic heterocycles. The third kappa shape index (κ3) is 4.50. The Morgan fingerprint density at radius 1 is 0.846 bits per heavy atom. The van der Waals surface area contributed by atoms with E-state index in [1.807, 2.05) is 24.3 Å². The first-order chi connectivity index (χ1) is 12.7. The van der Waals surface area contributed by atoms with Crippen LogP contribution < -0.4 is 19.5 Å². The Hall–Kier alpha value is -2.20. The van der Waals surface area contributed by atoms with Gasteiger partial charge in [0.25, 0.3) is 0 Å². The van der Waals surface area contributed by atoms with Crippen LogP contribution in [0.2, 0.25) is 0 Å². The highest BCUT2D eigenvalue weighted by Gasteiger charge is 2.24. The van der Waals surface area contributed by atoms with Crippen LogP contribution in [0.4, 0.5) is 0 Å². The molecule has 2 unspecified atom stereocenters. The van der Waals surface area contributed by atoms with Crippen LogP contribution in [-0.2, 0) is 12.8 Å². The van der Waals surface area contributed by atoms with E-state index in [4.69, 9.17) is 14.2 Å². The molecular weight excluding hydrogens is 326 g/mol. The molecule has 0 bridgehead atoms. The first kappa shape index (κ1) is 18.6. The molecule has 1 N–H and O–H groups in total. The maximum absolute atomic E-state index is 5.53. The summed E-state index contributed by atoms with van der Waals surface area (Å²) < 4.78 is 16.3. The Bertz CT molecular complexity index is 716. The molecule has 1 fully saturated rings. The monoisotopic (exact) mass is 355 g/mol. The Labute approximate surface area is 156 Å². The molecule has 26 heavy (non-hydrogen) atoms. The van der Waals surface area contributed by atoms with Crippen molar-refractivity contribution < 1.29 is 14.2 Å². The van der Waals surface area contributed by atoms with Gasteiger partial charge < -0.3 is 19.5 Å². The normalized spacial score (nSPS) is 19.3. The molecule has 0 aliphatic carbocycles. The highest BCUT2D eigenvalue weighted by Crippen LogP contribution is 2.28. The second kappa shape index (κ2) is 8.95. The summed E-state index contributed by atoms with van der Waals surface area (Å²) >= 11 is 0. The predicted octanol–water partition coefficient (Wildman–Crippen LogP) is 4.01. The number of aryl methyl sites for hydroxylation is 1. The fraction of sp³-hybridized carbons (Fsp3) is 0.455. The third-order valence-corrected chi connectivity index (χ3v) is 5.25. The van der Waals surface area contributed by atoms with Crippen molar-refractivity contribution in [2.45, 2.75) is 44.2 Å². The molecule has 2 aromatic carbocycles. The van der Waals surface area contributed by atoms with Crippen molar-refractivity contribution in [3.8, 4) is 17.2 Å². The van der Waals surface area contributed by atoms with Crippen molar-refractivity contribution in [2.24, 2.45) is 0 Å². The third-order valence-electron chi connectivity index (χ3n) is 5.25. The standard InChI is InChI=1S/C22H29NO3/c1-24-20-13-9-17(22(15-20)26-3)14-19-12-11-18(23-19)10-8-16-6-4-5-7-21(16)25-2/h4-7,9,13,15,18-19,23H,8,10-12,14H2,1-3H3. The van der Waals surface area contributed by atoms with Gasteiger partial charge in [0.15, 0.2) is 0 Å². The molecule has 0 aromatic heterocycles. The summed E-state index contributed by atoms with van der Waals surface area (Å²) in [4.78, 5) is 0. The summed E-state index contributed by atoms with van der Waals surface area (Å²) in [6.07, 6.45) is 5.58. The fourth-order valence-electron chi connectivity index (χ4n) is 3.82. The van der Waals surface area contributed by atoms with Gasteiger partial charge in [0.05, 0.1) is 21.3 Å². The Morgan fingerprint density at radius 3 is 2.38 bits per heavy atom. The smallest absolute Gasteiger partial charge is 0.125 e. The van der Waals surface area contributed by atoms with Gasteiger partial charge in [-0.05, 0) is 55.4 Å². The number of hydrogen-bond donors (Lipinski definition) is 1. The number of methoxy groups -OCH3 is 3. The topological polar surface area (TPSA) is 39.7 Å². The lowest BCUT2D eigenvalue weighted by Crippen LogP contribution is -2.31. The minimum Gasteiger partial charge on any atom is -0.497 e. The lowest BCUT2D eigenvalue weighted by molar-refractivity contribution is 0.388. The van der Waals surface area contributed by atoms with E-state index < -0.39 is 0 Å². The Kier molecular flexibility index (Phi) is 6.40. The zero-order valence-corrected chi connectivity index (χ0v) is 16.0. The van der Waals surface area contributed by atoms with Crippen molar-refractivity contribution in [3.63, 3.8) is 0 Å². The predicted molar refractivity (Wildman–Crippen MR) is 105 cm³/mol. The molecule has 0 spiro atoms. The van der Waals surface area contributed by atoms with Gasteiger partial charge in [-0.25, -0.2) is 0 Å². The first-order valence-corrected chi connectivity index (χ1v) is 9.32. The highest BCUT2D eigenvalue weighted by molar-refractivity contribution is 5.41. The highest BCUT2D eigenvalue weighted by atomic mass is 16.5.